The highest BCUT2D eigenvalue weighted by atomic mass is 127. The first-order valence-corrected chi connectivity index (χ1v) is 7.80. The second kappa shape index (κ2) is 5.19. The van der Waals surface area contributed by atoms with Gasteiger partial charge in [-0.1, -0.05) is 0 Å². The molecule has 1 heterocycles. The first kappa shape index (κ1) is 14.2. The van der Waals surface area contributed by atoms with Crippen molar-refractivity contribution in [3.05, 3.63) is 54.8 Å². The lowest BCUT2D eigenvalue weighted by molar-refractivity contribution is 0.620. The Hall–Kier alpha value is -0.800. The van der Waals surface area contributed by atoms with Crippen LogP contribution in [0.2, 0.25) is 0 Å². The van der Waals surface area contributed by atoms with Crippen LogP contribution in [0.5, 0.6) is 0 Å². The van der Waals surface area contributed by atoms with E-state index >= 15 is 0 Å². The molecule has 0 unspecified atom stereocenters. The van der Waals surface area contributed by atoms with Gasteiger partial charge in [-0.3, -0.25) is 4.57 Å². The second-order valence-corrected chi connectivity index (χ2v) is 6.55. The van der Waals surface area contributed by atoms with E-state index in [9.17, 15) is 8.78 Å². The molecule has 0 amide bonds. The maximum atomic E-state index is 13.8. The fourth-order valence-electron chi connectivity index (χ4n) is 1.98. The highest BCUT2D eigenvalue weighted by Crippen LogP contribution is 2.26. The molecule has 3 aromatic rings. The topological polar surface area (TPSA) is 20.7 Å². The number of hydrogen-bond donors (Lipinski definition) is 1. The Kier molecular flexibility index (Phi) is 3.67. The van der Waals surface area contributed by atoms with Gasteiger partial charge in [0.25, 0.3) is 0 Å². The molecule has 0 atom stereocenters. The van der Waals surface area contributed by atoms with Gasteiger partial charge in [0.1, 0.15) is 11.6 Å². The van der Waals surface area contributed by atoms with E-state index in [1.807, 2.05) is 22.6 Å². The van der Waals surface area contributed by atoms with Gasteiger partial charge in [-0.05, 0) is 75.0 Å². The number of hydrogen-bond acceptors (Lipinski definition) is 1. The maximum Gasteiger partial charge on any atom is 0.182 e. The van der Waals surface area contributed by atoms with E-state index in [0.29, 0.717) is 24.0 Å². The third kappa shape index (κ3) is 2.31. The molecular weight excluding hydrogens is 461 g/mol. The molecule has 3 rings (SSSR count). The van der Waals surface area contributed by atoms with Crippen molar-refractivity contribution in [2.45, 2.75) is 0 Å². The van der Waals surface area contributed by atoms with Gasteiger partial charge in [-0.15, -0.1) is 0 Å². The van der Waals surface area contributed by atoms with E-state index in [1.165, 1.54) is 12.1 Å². The molecule has 0 aliphatic heterocycles. The number of nitrogens with one attached hydrogen (secondary N) is 1. The molecule has 0 fully saturated rings. The predicted molar refractivity (Wildman–Crippen MR) is 88.8 cm³/mol. The number of halogens is 4. The molecule has 0 radical (unpaired) electrons. The first-order chi connectivity index (χ1) is 9.47. The predicted octanol–water partition coefficient (Wildman–Crippen LogP) is 5.33. The zero-order valence-corrected chi connectivity index (χ0v) is 14.3. The summed E-state index contributed by atoms with van der Waals surface area (Å²) < 4.78 is 30.0. The molecule has 0 saturated heterocycles. The highest BCUT2D eigenvalue weighted by Gasteiger charge is 2.11. The van der Waals surface area contributed by atoms with E-state index in [-0.39, 0.29) is 11.6 Å². The number of rotatable bonds is 1. The largest absolute Gasteiger partial charge is 0.330 e. The lowest BCUT2D eigenvalue weighted by atomic mass is 10.2. The molecule has 7 heteroatoms. The quantitative estimate of drug-likeness (QED) is 0.379. The number of aromatic amines is 1. The Bertz CT molecular complexity index is 888. The molecule has 1 N–H and O–H groups in total. The minimum atomic E-state index is -0.360. The Morgan fingerprint density at radius 3 is 2.60 bits per heavy atom. The molecule has 1 aromatic heterocycles. The Morgan fingerprint density at radius 2 is 1.90 bits per heavy atom. The summed E-state index contributed by atoms with van der Waals surface area (Å²) in [6.07, 6.45) is 0. The average molecular weight is 467 g/mol. The smallest absolute Gasteiger partial charge is 0.182 e. The third-order valence-electron chi connectivity index (χ3n) is 2.89. The number of imidazole rings is 1. The fourth-order valence-corrected chi connectivity index (χ4v) is 3.13. The van der Waals surface area contributed by atoms with Gasteiger partial charge in [-0.2, -0.15) is 0 Å². The van der Waals surface area contributed by atoms with Gasteiger partial charge in [0.05, 0.1) is 19.1 Å². The summed E-state index contributed by atoms with van der Waals surface area (Å²) in [7, 11) is 0. The zero-order valence-electron chi connectivity index (χ0n) is 9.75. The van der Waals surface area contributed by atoms with Crippen LogP contribution in [0.15, 0.2) is 34.8 Å². The summed E-state index contributed by atoms with van der Waals surface area (Å²) in [5.74, 6) is -0.678. The Labute approximate surface area is 140 Å². The Morgan fingerprint density at radius 1 is 1.15 bits per heavy atom. The first-order valence-electron chi connectivity index (χ1n) is 5.52. The zero-order chi connectivity index (χ0) is 14.4. The molecule has 0 aliphatic carbocycles. The maximum absolute atomic E-state index is 13.8. The van der Waals surface area contributed by atoms with Crippen LogP contribution in [0.3, 0.4) is 0 Å². The van der Waals surface area contributed by atoms with Crippen LogP contribution >= 0.6 is 50.7 Å². The van der Waals surface area contributed by atoms with Crippen molar-refractivity contribution in [3.63, 3.8) is 0 Å². The minimum absolute atomic E-state index is 0.318. The average Bonchev–Trinajstić information content (AvgIpc) is 2.69. The van der Waals surface area contributed by atoms with Crippen LogP contribution in [0.1, 0.15) is 0 Å². The van der Waals surface area contributed by atoms with Crippen molar-refractivity contribution >= 4 is 61.8 Å². The number of fused-ring (bicyclic) bond motifs is 1. The van der Waals surface area contributed by atoms with Crippen molar-refractivity contribution in [2.75, 3.05) is 0 Å². The van der Waals surface area contributed by atoms with E-state index in [4.69, 9.17) is 12.2 Å². The molecule has 0 aliphatic rings. The molecule has 0 spiro atoms. The van der Waals surface area contributed by atoms with E-state index in [1.54, 1.807) is 22.8 Å². The van der Waals surface area contributed by atoms with Crippen molar-refractivity contribution in [1.82, 2.24) is 9.55 Å². The van der Waals surface area contributed by atoms with Crippen molar-refractivity contribution in [2.24, 2.45) is 0 Å². The van der Waals surface area contributed by atoms with Crippen LogP contribution in [-0.4, -0.2) is 9.55 Å². The van der Waals surface area contributed by atoms with Crippen LogP contribution < -0.4 is 0 Å². The minimum Gasteiger partial charge on any atom is -0.330 e. The van der Waals surface area contributed by atoms with E-state index in [0.717, 1.165) is 5.52 Å². The summed E-state index contributed by atoms with van der Waals surface area (Å²) in [5.41, 5.74) is 2.02. The van der Waals surface area contributed by atoms with Crippen LogP contribution in [0.4, 0.5) is 8.78 Å². The van der Waals surface area contributed by atoms with Crippen molar-refractivity contribution in [1.29, 1.82) is 0 Å². The van der Waals surface area contributed by atoms with Crippen LogP contribution in [0.25, 0.3) is 16.7 Å². The molecule has 20 heavy (non-hydrogen) atoms. The van der Waals surface area contributed by atoms with Crippen LogP contribution in [0, 0.1) is 20.0 Å². The molecule has 0 saturated carbocycles. The lowest BCUT2D eigenvalue weighted by Gasteiger charge is -2.06. The molecule has 2 nitrogen and oxygen atoms in total. The second-order valence-electron chi connectivity index (χ2n) is 4.15. The van der Waals surface area contributed by atoms with Crippen molar-refractivity contribution in [3.8, 4) is 5.69 Å². The summed E-state index contributed by atoms with van der Waals surface area (Å²) in [4.78, 5) is 3.02. The normalized spacial score (nSPS) is 11.2. The Balaban J connectivity index is 2.35. The van der Waals surface area contributed by atoms with Gasteiger partial charge < -0.3 is 4.98 Å². The highest BCUT2D eigenvalue weighted by molar-refractivity contribution is 14.1. The molecular formula is C13H6BrF2IN2S. The van der Waals surface area contributed by atoms with Gasteiger partial charge in [0, 0.05) is 11.8 Å². The van der Waals surface area contributed by atoms with Crippen molar-refractivity contribution < 1.29 is 8.78 Å². The van der Waals surface area contributed by atoms with E-state index < -0.39 is 0 Å². The number of aromatic nitrogens is 2. The van der Waals surface area contributed by atoms with Gasteiger partial charge in [-0.25, -0.2) is 8.78 Å². The van der Waals surface area contributed by atoms with Gasteiger partial charge in [0.15, 0.2) is 4.77 Å². The third-order valence-corrected chi connectivity index (χ3v) is 4.60. The number of benzene rings is 2. The molecule has 2 aromatic carbocycles. The number of H-pyrrole nitrogens is 1. The number of nitrogens with zero attached hydrogens (tertiary/aromatic N) is 1. The summed E-state index contributed by atoms with van der Waals surface area (Å²) in [5, 5.41) is 0. The van der Waals surface area contributed by atoms with Gasteiger partial charge in [0.2, 0.25) is 0 Å². The fraction of sp³-hybridized carbons (Fsp3) is 0. The van der Waals surface area contributed by atoms with E-state index in [2.05, 4.69) is 20.9 Å². The van der Waals surface area contributed by atoms with Crippen LogP contribution in [-0.2, 0) is 0 Å². The molecule has 0 bridgehead atoms. The molecule has 102 valence electrons. The summed E-state index contributed by atoms with van der Waals surface area (Å²) >= 11 is 10.3. The monoisotopic (exact) mass is 466 g/mol. The SMILES string of the molecule is Fc1ccc(-n2c(=S)[nH]c3cc(I)c(F)cc32)cc1Br. The standard InChI is InChI=1S/C13H6BrF2IN2S/c14-7-3-6(1-2-8(7)15)19-12-4-9(16)10(17)5-11(12)18-13(19)20/h1-5H,(H,18,20). The summed E-state index contributed by atoms with van der Waals surface area (Å²) in [6.45, 7) is 0. The van der Waals surface area contributed by atoms with Gasteiger partial charge >= 0.3 is 0 Å². The summed E-state index contributed by atoms with van der Waals surface area (Å²) in [6, 6.07) is 7.65. The lowest BCUT2D eigenvalue weighted by Crippen LogP contribution is -1.95.